The van der Waals surface area contributed by atoms with Crippen LogP contribution in [0.1, 0.15) is 13.8 Å². The Bertz CT molecular complexity index is 269. The second-order valence-electron chi connectivity index (χ2n) is 4.26. The van der Waals surface area contributed by atoms with Gasteiger partial charge >= 0.3 is 6.03 Å². The van der Waals surface area contributed by atoms with Crippen molar-refractivity contribution in [2.24, 2.45) is 5.73 Å². The van der Waals surface area contributed by atoms with Gasteiger partial charge in [0, 0.05) is 6.54 Å². The van der Waals surface area contributed by atoms with Crippen molar-refractivity contribution in [2.75, 3.05) is 13.2 Å². The Morgan fingerprint density at radius 3 is 2.93 bits per heavy atom. The zero-order valence-corrected chi connectivity index (χ0v) is 8.86. The first kappa shape index (κ1) is 10.7. The van der Waals surface area contributed by atoms with E-state index in [1.165, 1.54) is 0 Å². The van der Waals surface area contributed by atoms with Crippen LogP contribution < -0.4 is 11.1 Å². The van der Waals surface area contributed by atoms with Crippen molar-refractivity contribution in [2.45, 2.75) is 37.9 Å². The number of hydrogen-bond acceptors (Lipinski definition) is 4. The second kappa shape index (κ2) is 3.62. The number of carbonyl (C=O) groups excluding carboxylic acids is 1. The lowest BCUT2D eigenvalue weighted by Crippen LogP contribution is -2.41. The molecule has 3 N–H and O–H groups in total. The van der Waals surface area contributed by atoms with Crippen LogP contribution in [0.3, 0.4) is 0 Å². The standard InChI is InChI=1S/C9H16N2O4/c1-9(2)14-6-4-13-5(7(6)15-9)3-11-8(10)12/h5-7H,3-4H2,1-2H3,(H3,10,11,12)/t5-,6+,7-/m0/s1. The maximum absolute atomic E-state index is 10.6. The van der Waals surface area contributed by atoms with Crippen molar-refractivity contribution in [1.82, 2.24) is 5.32 Å². The molecule has 2 amide bonds. The summed E-state index contributed by atoms with van der Waals surface area (Å²) >= 11 is 0. The molecule has 3 atom stereocenters. The average molecular weight is 216 g/mol. The minimum atomic E-state index is -0.565. The third-order valence-electron chi connectivity index (χ3n) is 2.54. The summed E-state index contributed by atoms with van der Waals surface area (Å²) in [5, 5.41) is 2.51. The molecule has 2 aliphatic heterocycles. The van der Waals surface area contributed by atoms with Gasteiger partial charge in [-0.15, -0.1) is 0 Å². The molecule has 6 nitrogen and oxygen atoms in total. The van der Waals surface area contributed by atoms with E-state index in [9.17, 15) is 4.79 Å². The van der Waals surface area contributed by atoms with Gasteiger partial charge in [-0.25, -0.2) is 4.79 Å². The van der Waals surface area contributed by atoms with Gasteiger partial charge in [-0.1, -0.05) is 0 Å². The Morgan fingerprint density at radius 1 is 1.53 bits per heavy atom. The number of urea groups is 1. The van der Waals surface area contributed by atoms with Gasteiger partial charge in [-0.3, -0.25) is 0 Å². The van der Waals surface area contributed by atoms with Crippen molar-refractivity contribution in [3.8, 4) is 0 Å². The van der Waals surface area contributed by atoms with Crippen LogP contribution >= 0.6 is 0 Å². The molecule has 86 valence electrons. The molecule has 2 aliphatic rings. The monoisotopic (exact) mass is 216 g/mol. The molecule has 0 spiro atoms. The van der Waals surface area contributed by atoms with Gasteiger partial charge < -0.3 is 25.3 Å². The topological polar surface area (TPSA) is 82.8 Å². The Labute approximate surface area is 88.0 Å². The smallest absolute Gasteiger partial charge is 0.312 e. The SMILES string of the molecule is CC1(C)O[C@H]2[C@H](CNC(N)=O)OC[C@H]2O1. The van der Waals surface area contributed by atoms with Crippen molar-refractivity contribution in [3.05, 3.63) is 0 Å². The van der Waals surface area contributed by atoms with Gasteiger partial charge in [-0.05, 0) is 13.8 Å². The van der Waals surface area contributed by atoms with Crippen molar-refractivity contribution in [1.29, 1.82) is 0 Å². The molecule has 0 aromatic heterocycles. The van der Waals surface area contributed by atoms with E-state index in [4.69, 9.17) is 19.9 Å². The highest BCUT2D eigenvalue weighted by Crippen LogP contribution is 2.34. The first-order valence-electron chi connectivity index (χ1n) is 4.98. The molecule has 0 bridgehead atoms. The van der Waals surface area contributed by atoms with Crippen LogP contribution in [0.2, 0.25) is 0 Å². The quantitative estimate of drug-likeness (QED) is 0.656. The molecular weight excluding hydrogens is 200 g/mol. The lowest BCUT2D eigenvalue weighted by atomic mass is 10.1. The zero-order chi connectivity index (χ0) is 11.1. The largest absolute Gasteiger partial charge is 0.371 e. The van der Waals surface area contributed by atoms with Crippen molar-refractivity contribution in [3.63, 3.8) is 0 Å². The highest BCUT2D eigenvalue weighted by molar-refractivity contribution is 5.71. The number of nitrogens with one attached hydrogen (secondary N) is 1. The Hall–Kier alpha value is -0.850. The highest BCUT2D eigenvalue weighted by Gasteiger charge is 2.49. The van der Waals surface area contributed by atoms with Crippen LogP contribution in [0.4, 0.5) is 4.79 Å². The maximum atomic E-state index is 10.6. The summed E-state index contributed by atoms with van der Waals surface area (Å²) < 4.78 is 16.7. The van der Waals surface area contributed by atoms with Crippen LogP contribution in [0, 0.1) is 0 Å². The molecule has 2 heterocycles. The van der Waals surface area contributed by atoms with Crippen LogP contribution in [-0.2, 0) is 14.2 Å². The number of ether oxygens (including phenoxy) is 3. The lowest BCUT2D eigenvalue weighted by molar-refractivity contribution is -0.174. The molecule has 6 heteroatoms. The third kappa shape index (κ3) is 2.22. The summed E-state index contributed by atoms with van der Waals surface area (Å²) in [7, 11) is 0. The van der Waals surface area contributed by atoms with E-state index < -0.39 is 11.8 Å². The third-order valence-corrected chi connectivity index (χ3v) is 2.54. The van der Waals surface area contributed by atoms with Gasteiger partial charge in [0.05, 0.1) is 6.61 Å². The van der Waals surface area contributed by atoms with Crippen LogP contribution in [0.15, 0.2) is 0 Å². The molecule has 2 fully saturated rings. The fourth-order valence-corrected chi connectivity index (χ4v) is 2.00. The molecule has 0 radical (unpaired) electrons. The summed E-state index contributed by atoms with van der Waals surface area (Å²) in [6.45, 7) is 4.59. The minimum absolute atomic E-state index is 0.0420. The Morgan fingerprint density at radius 2 is 2.27 bits per heavy atom. The summed E-state index contributed by atoms with van der Waals surface area (Å²) in [6, 6.07) is -0.555. The summed E-state index contributed by atoms with van der Waals surface area (Å²) in [6.07, 6.45) is -0.337. The first-order valence-corrected chi connectivity index (χ1v) is 4.98. The molecule has 0 saturated carbocycles. The molecular formula is C9H16N2O4. The van der Waals surface area contributed by atoms with Gasteiger partial charge in [0.25, 0.3) is 0 Å². The first-order chi connectivity index (χ1) is 6.98. The summed E-state index contributed by atoms with van der Waals surface area (Å²) in [5.41, 5.74) is 4.98. The lowest BCUT2D eigenvalue weighted by Gasteiger charge is -2.21. The molecule has 2 saturated heterocycles. The zero-order valence-electron chi connectivity index (χ0n) is 8.86. The molecule has 0 aromatic rings. The van der Waals surface area contributed by atoms with E-state index >= 15 is 0 Å². The maximum Gasteiger partial charge on any atom is 0.312 e. The number of amides is 2. The highest BCUT2D eigenvalue weighted by atomic mass is 16.8. The average Bonchev–Trinajstić information content (AvgIpc) is 2.56. The number of carbonyl (C=O) groups is 1. The number of primary amides is 1. The second-order valence-corrected chi connectivity index (χ2v) is 4.26. The minimum Gasteiger partial charge on any atom is -0.371 e. The van der Waals surface area contributed by atoms with Gasteiger partial charge in [0.2, 0.25) is 0 Å². The normalized spacial score (nSPS) is 37.6. The van der Waals surface area contributed by atoms with Crippen LogP contribution in [0.5, 0.6) is 0 Å². The van der Waals surface area contributed by atoms with E-state index in [0.29, 0.717) is 13.2 Å². The van der Waals surface area contributed by atoms with Gasteiger partial charge in [0.15, 0.2) is 5.79 Å². The Balaban J connectivity index is 1.91. The van der Waals surface area contributed by atoms with E-state index in [-0.39, 0.29) is 18.3 Å². The van der Waals surface area contributed by atoms with Crippen LogP contribution in [0.25, 0.3) is 0 Å². The number of rotatable bonds is 2. The van der Waals surface area contributed by atoms with Crippen LogP contribution in [-0.4, -0.2) is 43.3 Å². The number of hydrogen-bond donors (Lipinski definition) is 2. The Kier molecular flexibility index (Phi) is 2.57. The molecule has 0 aromatic carbocycles. The fraction of sp³-hybridized carbons (Fsp3) is 0.889. The summed E-state index contributed by atoms with van der Waals surface area (Å²) in [4.78, 5) is 10.6. The van der Waals surface area contributed by atoms with Gasteiger partial charge in [-0.2, -0.15) is 0 Å². The van der Waals surface area contributed by atoms with E-state index in [2.05, 4.69) is 5.32 Å². The van der Waals surface area contributed by atoms with E-state index in [1.807, 2.05) is 13.8 Å². The fourth-order valence-electron chi connectivity index (χ4n) is 2.00. The predicted molar refractivity (Wildman–Crippen MR) is 51.2 cm³/mol. The number of nitrogens with two attached hydrogens (primary N) is 1. The predicted octanol–water partition coefficient (Wildman–Crippen LogP) is -0.426. The van der Waals surface area contributed by atoms with E-state index in [1.54, 1.807) is 0 Å². The molecule has 2 rings (SSSR count). The van der Waals surface area contributed by atoms with Crippen molar-refractivity contribution < 1.29 is 19.0 Å². The molecule has 15 heavy (non-hydrogen) atoms. The van der Waals surface area contributed by atoms with Gasteiger partial charge in [0.1, 0.15) is 18.3 Å². The van der Waals surface area contributed by atoms with E-state index in [0.717, 1.165) is 0 Å². The van der Waals surface area contributed by atoms with Crippen molar-refractivity contribution >= 4 is 6.03 Å². The summed E-state index contributed by atoms with van der Waals surface area (Å²) in [5.74, 6) is -0.565. The molecule has 0 unspecified atom stereocenters. The molecule has 0 aliphatic carbocycles. The number of fused-ring (bicyclic) bond motifs is 1.